The summed E-state index contributed by atoms with van der Waals surface area (Å²) in [4.78, 5) is 38.5. The van der Waals surface area contributed by atoms with Crippen LogP contribution in [0.1, 0.15) is 27.1 Å². The molecule has 0 spiro atoms. The number of ether oxygens (including phenoxy) is 2. The van der Waals surface area contributed by atoms with Crippen LogP contribution in [0.15, 0.2) is 35.0 Å². The van der Waals surface area contributed by atoms with Gasteiger partial charge in [-0.2, -0.15) is 11.3 Å². The smallest absolute Gasteiger partial charge is 0.340 e. The zero-order valence-corrected chi connectivity index (χ0v) is 16.9. The van der Waals surface area contributed by atoms with Crippen LogP contribution in [0.3, 0.4) is 0 Å². The summed E-state index contributed by atoms with van der Waals surface area (Å²) in [5, 5.41) is 8.99. The summed E-state index contributed by atoms with van der Waals surface area (Å²) in [6.45, 7) is 2.92. The van der Waals surface area contributed by atoms with Crippen LogP contribution in [-0.4, -0.2) is 57.7 Å². The lowest BCUT2D eigenvalue weighted by atomic mass is 10.1. The Balaban J connectivity index is 1.61. The summed E-state index contributed by atoms with van der Waals surface area (Å²) >= 11 is 1.43. The Labute approximate surface area is 172 Å². The quantitative estimate of drug-likeness (QED) is 0.670. The minimum absolute atomic E-state index is 0.0850. The average molecular weight is 417 g/mol. The summed E-state index contributed by atoms with van der Waals surface area (Å²) in [6.07, 6.45) is 0.0850. The molecule has 1 fully saturated rings. The highest BCUT2D eigenvalue weighted by molar-refractivity contribution is 7.08. The topological polar surface area (TPSA) is 97.0 Å². The number of carbonyl (C=O) groups is 3. The van der Waals surface area contributed by atoms with Gasteiger partial charge in [0.1, 0.15) is 0 Å². The van der Waals surface area contributed by atoms with Crippen LogP contribution in [0.4, 0.5) is 11.4 Å². The third kappa shape index (κ3) is 5.55. The lowest BCUT2D eigenvalue weighted by Crippen LogP contribution is -2.36. The molecule has 2 aromatic rings. The van der Waals surface area contributed by atoms with E-state index in [0.29, 0.717) is 24.5 Å². The highest BCUT2D eigenvalue weighted by atomic mass is 32.1. The fraction of sp³-hybridized carbons (Fsp3) is 0.350. The molecule has 0 unspecified atom stereocenters. The van der Waals surface area contributed by atoms with E-state index in [4.69, 9.17) is 9.47 Å². The van der Waals surface area contributed by atoms with Crippen LogP contribution < -0.4 is 15.5 Å². The van der Waals surface area contributed by atoms with E-state index in [2.05, 4.69) is 15.5 Å². The first-order valence-electron chi connectivity index (χ1n) is 9.24. The standard InChI is InChI=1S/C20H23N3O5S/c1-27-20(26)16-12-15(23-7-9-28-10-8-23)2-3-17(16)22-18(24)4-6-21-19(25)14-5-11-29-13-14/h2-3,5,11-13H,4,6-10H2,1H3,(H,21,25)(H,22,24). The number of esters is 1. The summed E-state index contributed by atoms with van der Waals surface area (Å²) < 4.78 is 10.2. The second-order valence-corrected chi connectivity index (χ2v) is 7.17. The Morgan fingerprint density at radius 3 is 2.69 bits per heavy atom. The van der Waals surface area contributed by atoms with Crippen molar-refractivity contribution in [1.29, 1.82) is 0 Å². The Hall–Kier alpha value is -2.91. The van der Waals surface area contributed by atoms with E-state index in [1.807, 2.05) is 11.4 Å². The minimum Gasteiger partial charge on any atom is -0.465 e. The molecule has 9 heteroatoms. The van der Waals surface area contributed by atoms with Gasteiger partial charge in [0.05, 0.1) is 31.6 Å². The molecule has 2 heterocycles. The van der Waals surface area contributed by atoms with Gasteiger partial charge in [-0.05, 0) is 29.6 Å². The Morgan fingerprint density at radius 2 is 2.00 bits per heavy atom. The van der Waals surface area contributed by atoms with Crippen molar-refractivity contribution in [1.82, 2.24) is 5.32 Å². The third-order valence-corrected chi connectivity index (χ3v) is 5.16. The number of rotatable bonds is 7. The van der Waals surface area contributed by atoms with Crippen molar-refractivity contribution in [2.75, 3.05) is 50.2 Å². The SMILES string of the molecule is COC(=O)c1cc(N2CCOCC2)ccc1NC(=O)CCNC(=O)c1ccsc1. The molecular weight excluding hydrogens is 394 g/mol. The fourth-order valence-electron chi connectivity index (χ4n) is 2.94. The highest BCUT2D eigenvalue weighted by Crippen LogP contribution is 2.25. The van der Waals surface area contributed by atoms with Gasteiger partial charge in [-0.25, -0.2) is 4.79 Å². The van der Waals surface area contributed by atoms with Gasteiger partial charge >= 0.3 is 5.97 Å². The van der Waals surface area contributed by atoms with E-state index in [0.717, 1.165) is 18.8 Å². The second-order valence-electron chi connectivity index (χ2n) is 6.39. The van der Waals surface area contributed by atoms with E-state index >= 15 is 0 Å². The maximum absolute atomic E-state index is 12.3. The Bertz CT molecular complexity index is 863. The maximum Gasteiger partial charge on any atom is 0.340 e. The monoisotopic (exact) mass is 417 g/mol. The van der Waals surface area contributed by atoms with Crippen LogP contribution in [0.25, 0.3) is 0 Å². The Kier molecular flexibility index (Phi) is 7.20. The van der Waals surface area contributed by atoms with Crippen molar-refractivity contribution in [3.8, 4) is 0 Å². The lowest BCUT2D eigenvalue weighted by molar-refractivity contribution is -0.116. The zero-order chi connectivity index (χ0) is 20.6. The van der Waals surface area contributed by atoms with E-state index in [1.54, 1.807) is 23.6 Å². The predicted octanol–water partition coefficient (Wildman–Crippen LogP) is 2.13. The molecule has 154 valence electrons. The second kappa shape index (κ2) is 10.0. The molecule has 1 aromatic carbocycles. The molecule has 0 atom stereocenters. The van der Waals surface area contributed by atoms with E-state index in [9.17, 15) is 14.4 Å². The van der Waals surface area contributed by atoms with Gasteiger partial charge < -0.3 is 25.0 Å². The van der Waals surface area contributed by atoms with Crippen LogP contribution in [0, 0.1) is 0 Å². The highest BCUT2D eigenvalue weighted by Gasteiger charge is 2.18. The molecule has 29 heavy (non-hydrogen) atoms. The molecule has 0 aliphatic carbocycles. The summed E-state index contributed by atoms with van der Waals surface area (Å²) in [5.41, 5.74) is 2.10. The molecule has 0 bridgehead atoms. The first kappa shape index (κ1) is 20.8. The Morgan fingerprint density at radius 1 is 1.21 bits per heavy atom. The number of amides is 2. The minimum atomic E-state index is -0.527. The molecule has 8 nitrogen and oxygen atoms in total. The lowest BCUT2D eigenvalue weighted by Gasteiger charge is -2.29. The van der Waals surface area contributed by atoms with Crippen molar-refractivity contribution in [2.24, 2.45) is 0 Å². The van der Waals surface area contributed by atoms with E-state index in [-0.39, 0.29) is 30.3 Å². The molecule has 1 saturated heterocycles. The van der Waals surface area contributed by atoms with Crippen LogP contribution in [0.2, 0.25) is 0 Å². The fourth-order valence-corrected chi connectivity index (χ4v) is 3.57. The van der Waals surface area contributed by atoms with Gasteiger partial charge in [0, 0.05) is 42.7 Å². The number of nitrogens with zero attached hydrogens (tertiary/aromatic N) is 1. The molecule has 0 radical (unpaired) electrons. The van der Waals surface area contributed by atoms with E-state index in [1.165, 1.54) is 18.4 Å². The van der Waals surface area contributed by atoms with Crippen LogP contribution in [-0.2, 0) is 14.3 Å². The van der Waals surface area contributed by atoms with Crippen molar-refractivity contribution in [3.63, 3.8) is 0 Å². The molecule has 1 aliphatic rings. The largest absolute Gasteiger partial charge is 0.465 e. The summed E-state index contributed by atoms with van der Waals surface area (Å²) in [7, 11) is 1.30. The van der Waals surface area contributed by atoms with Crippen molar-refractivity contribution >= 4 is 40.5 Å². The number of morpholine rings is 1. The summed E-state index contributed by atoms with van der Waals surface area (Å²) in [6, 6.07) is 6.98. The number of carbonyl (C=O) groups excluding carboxylic acids is 3. The molecular formula is C20H23N3O5S. The molecule has 0 saturated carbocycles. The number of hydrogen-bond donors (Lipinski definition) is 2. The average Bonchev–Trinajstić information content (AvgIpc) is 3.29. The number of anilines is 2. The number of nitrogens with one attached hydrogen (secondary N) is 2. The maximum atomic E-state index is 12.3. The summed E-state index contributed by atoms with van der Waals surface area (Å²) in [5.74, 6) is -1.05. The van der Waals surface area contributed by atoms with Gasteiger partial charge in [-0.1, -0.05) is 0 Å². The van der Waals surface area contributed by atoms with Crippen LogP contribution in [0.5, 0.6) is 0 Å². The molecule has 3 rings (SSSR count). The van der Waals surface area contributed by atoms with Gasteiger partial charge in [0.25, 0.3) is 5.91 Å². The molecule has 2 amide bonds. The zero-order valence-electron chi connectivity index (χ0n) is 16.1. The molecule has 1 aliphatic heterocycles. The van der Waals surface area contributed by atoms with Crippen molar-refractivity contribution in [3.05, 3.63) is 46.2 Å². The normalized spacial score (nSPS) is 13.6. The van der Waals surface area contributed by atoms with Crippen LogP contribution >= 0.6 is 11.3 Å². The van der Waals surface area contributed by atoms with Gasteiger partial charge in [0.2, 0.25) is 5.91 Å². The predicted molar refractivity (Wildman–Crippen MR) is 111 cm³/mol. The van der Waals surface area contributed by atoms with Crippen molar-refractivity contribution < 1.29 is 23.9 Å². The molecule has 2 N–H and O–H groups in total. The molecule has 1 aromatic heterocycles. The number of benzene rings is 1. The number of thiophene rings is 1. The van der Waals surface area contributed by atoms with E-state index < -0.39 is 5.97 Å². The van der Waals surface area contributed by atoms with Gasteiger partial charge in [0.15, 0.2) is 0 Å². The van der Waals surface area contributed by atoms with Gasteiger partial charge in [-0.15, -0.1) is 0 Å². The first-order chi connectivity index (χ1) is 14.1. The third-order valence-electron chi connectivity index (χ3n) is 4.48. The number of hydrogen-bond acceptors (Lipinski definition) is 7. The van der Waals surface area contributed by atoms with Gasteiger partial charge in [-0.3, -0.25) is 9.59 Å². The van der Waals surface area contributed by atoms with Crippen molar-refractivity contribution in [2.45, 2.75) is 6.42 Å². The first-order valence-corrected chi connectivity index (χ1v) is 10.2. The number of methoxy groups -OCH3 is 1.